The van der Waals surface area contributed by atoms with Gasteiger partial charge in [0.2, 0.25) is 0 Å². The van der Waals surface area contributed by atoms with Gasteiger partial charge in [-0.25, -0.2) is 4.98 Å². The zero-order chi connectivity index (χ0) is 10.6. The van der Waals surface area contributed by atoms with E-state index >= 15 is 0 Å². The van der Waals surface area contributed by atoms with Crippen molar-refractivity contribution >= 4 is 11.8 Å². The van der Waals surface area contributed by atoms with E-state index in [-0.39, 0.29) is 6.04 Å². The van der Waals surface area contributed by atoms with Gasteiger partial charge in [-0.15, -0.1) is 0 Å². The van der Waals surface area contributed by atoms with E-state index in [2.05, 4.69) is 18.8 Å². The van der Waals surface area contributed by atoms with Gasteiger partial charge < -0.3 is 10.3 Å². The van der Waals surface area contributed by atoms with Crippen LogP contribution in [0.3, 0.4) is 0 Å². The molecule has 0 amide bonds. The van der Waals surface area contributed by atoms with Gasteiger partial charge in [0, 0.05) is 31.2 Å². The number of thioether (sulfide) groups is 1. The number of hydrogen-bond donors (Lipinski definition) is 1. The molecule has 0 saturated heterocycles. The second kappa shape index (κ2) is 5.41. The summed E-state index contributed by atoms with van der Waals surface area (Å²) in [5.74, 6) is 1.53. The Morgan fingerprint density at radius 3 is 2.86 bits per heavy atom. The fourth-order valence-corrected chi connectivity index (χ4v) is 2.20. The van der Waals surface area contributed by atoms with Gasteiger partial charge in [0.15, 0.2) is 5.16 Å². The van der Waals surface area contributed by atoms with Crippen LogP contribution in [0.5, 0.6) is 0 Å². The van der Waals surface area contributed by atoms with Crippen molar-refractivity contribution in [2.24, 2.45) is 18.7 Å². The number of aromatic nitrogens is 2. The van der Waals surface area contributed by atoms with Crippen LogP contribution in [-0.4, -0.2) is 21.3 Å². The van der Waals surface area contributed by atoms with Crippen molar-refractivity contribution in [1.29, 1.82) is 0 Å². The van der Waals surface area contributed by atoms with Gasteiger partial charge in [-0.1, -0.05) is 32.0 Å². The van der Waals surface area contributed by atoms with Gasteiger partial charge in [0.25, 0.3) is 0 Å². The first-order chi connectivity index (χ1) is 6.65. The molecule has 3 nitrogen and oxygen atoms in total. The average Bonchev–Trinajstić information content (AvgIpc) is 2.59. The van der Waals surface area contributed by atoms with E-state index in [1.807, 2.05) is 24.0 Å². The lowest BCUT2D eigenvalue weighted by Gasteiger charge is -2.17. The third-order valence-electron chi connectivity index (χ3n) is 2.56. The highest BCUT2D eigenvalue weighted by Gasteiger charge is 2.11. The summed E-state index contributed by atoms with van der Waals surface area (Å²) in [4.78, 5) is 4.24. The second-order valence-electron chi connectivity index (χ2n) is 3.68. The van der Waals surface area contributed by atoms with Crippen LogP contribution in [0.2, 0.25) is 0 Å². The molecular weight excluding hydrogens is 194 g/mol. The minimum Gasteiger partial charge on any atom is -0.329 e. The Bertz CT molecular complexity index is 272. The van der Waals surface area contributed by atoms with Crippen LogP contribution >= 0.6 is 11.8 Å². The van der Waals surface area contributed by atoms with E-state index in [9.17, 15) is 0 Å². The highest BCUT2D eigenvalue weighted by Crippen LogP contribution is 2.18. The predicted octanol–water partition coefficient (Wildman–Crippen LogP) is 1.89. The molecule has 0 fully saturated rings. The van der Waals surface area contributed by atoms with Crippen molar-refractivity contribution in [3.05, 3.63) is 12.4 Å². The minimum absolute atomic E-state index is 0.265. The van der Waals surface area contributed by atoms with Crippen LogP contribution in [0.4, 0.5) is 0 Å². The Labute approximate surface area is 90.1 Å². The lowest BCUT2D eigenvalue weighted by Crippen LogP contribution is -2.30. The van der Waals surface area contributed by atoms with Crippen LogP contribution in [0.25, 0.3) is 0 Å². The van der Waals surface area contributed by atoms with E-state index < -0.39 is 0 Å². The molecule has 0 radical (unpaired) electrons. The van der Waals surface area contributed by atoms with Gasteiger partial charge in [-0.05, 0) is 5.92 Å². The number of nitrogens with zero attached hydrogens (tertiary/aromatic N) is 2. The van der Waals surface area contributed by atoms with Crippen LogP contribution in [0.15, 0.2) is 17.6 Å². The molecule has 1 heterocycles. The fraction of sp³-hybridized carbons (Fsp3) is 0.700. The van der Waals surface area contributed by atoms with Gasteiger partial charge in [-0.3, -0.25) is 0 Å². The number of nitrogens with two attached hydrogens (primary N) is 1. The van der Waals surface area contributed by atoms with Crippen molar-refractivity contribution in [3.63, 3.8) is 0 Å². The number of imidazole rings is 1. The molecule has 1 aromatic rings. The summed E-state index contributed by atoms with van der Waals surface area (Å²) in [6, 6.07) is 0.265. The third kappa shape index (κ3) is 3.03. The summed E-state index contributed by atoms with van der Waals surface area (Å²) in [6.45, 7) is 4.37. The molecule has 1 aromatic heterocycles. The van der Waals surface area contributed by atoms with E-state index in [1.165, 1.54) is 0 Å². The molecule has 2 unspecified atom stereocenters. The summed E-state index contributed by atoms with van der Waals surface area (Å²) < 4.78 is 2.02. The van der Waals surface area contributed by atoms with Crippen molar-refractivity contribution in [3.8, 4) is 0 Å². The maximum atomic E-state index is 6.04. The van der Waals surface area contributed by atoms with E-state index in [0.717, 1.165) is 17.3 Å². The number of aryl methyl sites for hydroxylation is 1. The third-order valence-corrected chi connectivity index (χ3v) is 3.76. The normalized spacial score (nSPS) is 15.4. The van der Waals surface area contributed by atoms with E-state index in [1.54, 1.807) is 11.8 Å². The smallest absolute Gasteiger partial charge is 0.167 e. The van der Waals surface area contributed by atoms with E-state index in [4.69, 9.17) is 5.73 Å². The molecule has 2 atom stereocenters. The van der Waals surface area contributed by atoms with Gasteiger partial charge in [0.05, 0.1) is 0 Å². The Hall–Kier alpha value is -0.480. The van der Waals surface area contributed by atoms with Gasteiger partial charge in [-0.2, -0.15) is 0 Å². The summed E-state index contributed by atoms with van der Waals surface area (Å²) in [7, 11) is 2.00. The van der Waals surface area contributed by atoms with Crippen LogP contribution in [0.1, 0.15) is 20.3 Å². The van der Waals surface area contributed by atoms with Crippen LogP contribution < -0.4 is 5.73 Å². The number of hydrogen-bond acceptors (Lipinski definition) is 3. The molecule has 0 bridgehead atoms. The molecule has 0 aliphatic carbocycles. The largest absolute Gasteiger partial charge is 0.329 e. The summed E-state index contributed by atoms with van der Waals surface area (Å²) in [5, 5.41) is 1.05. The molecule has 0 aromatic carbocycles. The topological polar surface area (TPSA) is 43.8 Å². The molecular formula is C10H19N3S. The Morgan fingerprint density at radius 1 is 1.64 bits per heavy atom. The molecule has 0 aliphatic heterocycles. The standard InChI is InChI=1S/C10H19N3S/c1-4-8(2)9(11)7-14-10-12-5-6-13(10)3/h5-6,8-9H,4,7,11H2,1-3H3. The fourth-order valence-electron chi connectivity index (χ4n) is 1.13. The Kier molecular flexibility index (Phi) is 4.48. The van der Waals surface area contributed by atoms with Crippen molar-refractivity contribution < 1.29 is 0 Å². The highest BCUT2D eigenvalue weighted by atomic mass is 32.2. The van der Waals surface area contributed by atoms with Crippen LogP contribution in [0, 0.1) is 5.92 Å². The Morgan fingerprint density at radius 2 is 2.36 bits per heavy atom. The Balaban J connectivity index is 2.37. The lowest BCUT2D eigenvalue weighted by atomic mass is 10.0. The molecule has 0 aliphatic rings. The van der Waals surface area contributed by atoms with Crippen molar-refractivity contribution in [1.82, 2.24) is 9.55 Å². The monoisotopic (exact) mass is 213 g/mol. The lowest BCUT2D eigenvalue weighted by molar-refractivity contribution is 0.475. The van der Waals surface area contributed by atoms with Crippen LogP contribution in [-0.2, 0) is 7.05 Å². The first-order valence-corrected chi connectivity index (χ1v) is 5.99. The molecule has 1 rings (SSSR count). The summed E-state index contributed by atoms with van der Waals surface area (Å²) >= 11 is 1.73. The summed E-state index contributed by atoms with van der Waals surface area (Å²) in [6.07, 6.45) is 4.91. The second-order valence-corrected chi connectivity index (χ2v) is 4.67. The quantitative estimate of drug-likeness (QED) is 0.760. The number of rotatable bonds is 5. The zero-order valence-electron chi connectivity index (χ0n) is 9.10. The molecule has 2 N–H and O–H groups in total. The molecule has 0 saturated carbocycles. The first-order valence-electron chi connectivity index (χ1n) is 5.00. The first kappa shape index (κ1) is 11.6. The predicted molar refractivity (Wildman–Crippen MR) is 61.4 cm³/mol. The molecule has 0 spiro atoms. The maximum Gasteiger partial charge on any atom is 0.167 e. The van der Waals surface area contributed by atoms with Crippen molar-refractivity contribution in [2.45, 2.75) is 31.5 Å². The molecule has 4 heteroatoms. The highest BCUT2D eigenvalue weighted by molar-refractivity contribution is 7.99. The summed E-state index contributed by atoms with van der Waals surface area (Å²) in [5.41, 5.74) is 6.04. The maximum absolute atomic E-state index is 6.04. The van der Waals surface area contributed by atoms with Gasteiger partial charge in [0.1, 0.15) is 0 Å². The minimum atomic E-state index is 0.265. The molecule has 80 valence electrons. The molecule has 14 heavy (non-hydrogen) atoms. The zero-order valence-corrected chi connectivity index (χ0v) is 9.92. The van der Waals surface area contributed by atoms with Gasteiger partial charge >= 0.3 is 0 Å². The average molecular weight is 213 g/mol. The van der Waals surface area contributed by atoms with Crippen molar-refractivity contribution in [2.75, 3.05) is 5.75 Å². The van der Waals surface area contributed by atoms with E-state index in [0.29, 0.717) is 5.92 Å². The SMILES string of the molecule is CCC(C)C(N)CSc1nccn1C.